The molecule has 0 aromatic carbocycles. The van der Waals surface area contributed by atoms with E-state index in [2.05, 4.69) is 11.4 Å². The summed E-state index contributed by atoms with van der Waals surface area (Å²) >= 11 is 1.25. The van der Waals surface area contributed by atoms with Crippen LogP contribution in [0, 0.1) is 11.3 Å². The van der Waals surface area contributed by atoms with Crippen LogP contribution < -0.4 is 5.32 Å². The maximum absolute atomic E-state index is 11.5. The van der Waals surface area contributed by atoms with Crippen LogP contribution >= 0.6 is 11.3 Å². The molecule has 0 bridgehead atoms. The molecule has 2 N–H and O–H groups in total. The molecule has 1 aromatic heterocycles. The van der Waals surface area contributed by atoms with Gasteiger partial charge >= 0.3 is 5.97 Å². The van der Waals surface area contributed by atoms with Gasteiger partial charge in [0.1, 0.15) is 11.1 Å². The highest BCUT2D eigenvalue weighted by Gasteiger charge is 2.22. The summed E-state index contributed by atoms with van der Waals surface area (Å²) < 4.78 is 0. The fraction of sp³-hybridized carbons (Fsp3) is 0.308. The average Bonchev–Trinajstić information content (AvgIpc) is 2.68. The molecule has 1 amide bonds. The Balaban J connectivity index is 2.99. The number of hydrogen-bond donors (Lipinski definition) is 2. The molecule has 0 spiro atoms. The van der Waals surface area contributed by atoms with Crippen LogP contribution in [0.3, 0.4) is 0 Å². The molecule has 0 unspecified atom stereocenters. The first-order chi connectivity index (χ1) is 8.75. The molecule has 1 heterocycles. The summed E-state index contributed by atoms with van der Waals surface area (Å²) in [6.45, 7) is 5.93. The van der Waals surface area contributed by atoms with Crippen molar-refractivity contribution in [1.29, 1.82) is 5.26 Å². The van der Waals surface area contributed by atoms with Crippen molar-refractivity contribution >= 4 is 28.2 Å². The van der Waals surface area contributed by atoms with Gasteiger partial charge in [0, 0.05) is 12.2 Å². The van der Waals surface area contributed by atoms with E-state index in [1.165, 1.54) is 11.3 Å². The van der Waals surface area contributed by atoms with Crippen molar-refractivity contribution in [2.45, 2.75) is 26.2 Å². The molecule has 1 aromatic rings. The Morgan fingerprint density at radius 3 is 2.53 bits per heavy atom. The van der Waals surface area contributed by atoms with Crippen molar-refractivity contribution in [3.8, 4) is 6.07 Å². The molecule has 1 rings (SSSR count). The molecule has 0 aliphatic heterocycles. The number of nitrogens with one attached hydrogen (secondary N) is 1. The summed E-state index contributed by atoms with van der Waals surface area (Å²) in [5.74, 6) is -1.77. The lowest BCUT2D eigenvalue weighted by molar-refractivity contribution is -0.131. The minimum atomic E-state index is -1.20. The third-order valence-electron chi connectivity index (χ3n) is 2.32. The average molecular weight is 278 g/mol. The predicted octanol–water partition coefficient (Wildman–Crippen LogP) is 2.50. The van der Waals surface area contributed by atoms with E-state index >= 15 is 0 Å². The molecule has 5 nitrogen and oxygen atoms in total. The zero-order chi connectivity index (χ0) is 14.6. The summed E-state index contributed by atoms with van der Waals surface area (Å²) in [6.07, 6.45) is 1.67. The number of anilines is 1. The van der Waals surface area contributed by atoms with E-state index in [0.29, 0.717) is 10.6 Å². The highest BCUT2D eigenvalue weighted by Crippen LogP contribution is 2.35. The minimum absolute atomic E-state index is 0.193. The quantitative estimate of drug-likeness (QED) is 0.831. The van der Waals surface area contributed by atoms with Crippen molar-refractivity contribution in [3.63, 3.8) is 0 Å². The number of carboxylic acid groups (broad SMARTS) is 1. The number of amides is 1. The lowest BCUT2D eigenvalue weighted by Crippen LogP contribution is -2.13. The molecule has 0 atom stereocenters. The van der Waals surface area contributed by atoms with Gasteiger partial charge in [0.15, 0.2) is 0 Å². The van der Waals surface area contributed by atoms with Crippen molar-refractivity contribution in [3.05, 3.63) is 28.7 Å². The summed E-state index contributed by atoms with van der Waals surface area (Å²) in [7, 11) is 0. The molecule has 0 fully saturated rings. The predicted molar refractivity (Wildman–Crippen MR) is 73.1 cm³/mol. The summed E-state index contributed by atoms with van der Waals surface area (Å²) in [6, 6.07) is 2.08. The number of aliphatic carboxylic acids is 1. The minimum Gasteiger partial charge on any atom is -0.478 e. The zero-order valence-corrected chi connectivity index (χ0v) is 11.7. The van der Waals surface area contributed by atoms with E-state index in [1.54, 1.807) is 0 Å². The van der Waals surface area contributed by atoms with Gasteiger partial charge in [0.25, 0.3) is 0 Å². The van der Waals surface area contributed by atoms with Crippen LogP contribution in [0.4, 0.5) is 5.00 Å². The fourth-order valence-electron chi connectivity index (χ4n) is 1.41. The molecule has 0 radical (unpaired) electrons. The molecular weight excluding hydrogens is 264 g/mol. The number of rotatable bonds is 3. The van der Waals surface area contributed by atoms with Crippen LogP contribution in [-0.4, -0.2) is 17.0 Å². The van der Waals surface area contributed by atoms with Gasteiger partial charge < -0.3 is 10.4 Å². The second-order valence-corrected chi connectivity index (χ2v) is 5.76. The van der Waals surface area contributed by atoms with Crippen LogP contribution in [0.5, 0.6) is 0 Å². The van der Waals surface area contributed by atoms with Crippen LogP contribution in [-0.2, 0) is 15.0 Å². The molecule has 0 saturated heterocycles. The van der Waals surface area contributed by atoms with E-state index in [1.807, 2.05) is 26.2 Å². The first kappa shape index (κ1) is 14.9. The highest BCUT2D eigenvalue weighted by molar-refractivity contribution is 7.14. The Labute approximate surface area is 115 Å². The van der Waals surface area contributed by atoms with E-state index in [0.717, 1.165) is 17.7 Å². The molecular formula is C13H14N2O3S. The van der Waals surface area contributed by atoms with Gasteiger partial charge in [0.2, 0.25) is 5.91 Å². The third-order valence-corrected chi connectivity index (χ3v) is 3.22. The maximum atomic E-state index is 11.5. The van der Waals surface area contributed by atoms with Gasteiger partial charge in [-0.05, 0) is 16.4 Å². The van der Waals surface area contributed by atoms with Gasteiger partial charge in [-0.2, -0.15) is 5.26 Å². The van der Waals surface area contributed by atoms with Gasteiger partial charge in [-0.15, -0.1) is 11.3 Å². The van der Waals surface area contributed by atoms with Crippen LogP contribution in [0.1, 0.15) is 31.9 Å². The summed E-state index contributed by atoms with van der Waals surface area (Å²) in [4.78, 5) is 21.8. The Morgan fingerprint density at radius 1 is 1.42 bits per heavy atom. The lowest BCUT2D eigenvalue weighted by atomic mass is 9.86. The Hall–Kier alpha value is -2.13. The summed E-state index contributed by atoms with van der Waals surface area (Å²) in [5, 5.41) is 22.4. The fourth-order valence-corrected chi connectivity index (χ4v) is 2.55. The number of nitrogens with zero attached hydrogens (tertiary/aromatic N) is 1. The Kier molecular flexibility index (Phi) is 4.46. The topological polar surface area (TPSA) is 90.2 Å². The van der Waals surface area contributed by atoms with E-state index < -0.39 is 11.9 Å². The lowest BCUT2D eigenvalue weighted by Gasteiger charge is -2.17. The number of thiophene rings is 1. The maximum Gasteiger partial charge on any atom is 0.328 e. The van der Waals surface area contributed by atoms with Gasteiger partial charge in [-0.1, -0.05) is 20.8 Å². The number of nitriles is 1. The second kappa shape index (κ2) is 5.67. The molecule has 100 valence electrons. The smallest absolute Gasteiger partial charge is 0.328 e. The number of carbonyl (C=O) groups is 2. The second-order valence-electron chi connectivity index (χ2n) is 4.88. The number of carbonyl (C=O) groups excluding carboxylic acids is 1. The third kappa shape index (κ3) is 3.93. The Morgan fingerprint density at radius 2 is 2.05 bits per heavy atom. The largest absolute Gasteiger partial charge is 0.478 e. The molecule has 0 aliphatic carbocycles. The number of hydrogen-bond acceptors (Lipinski definition) is 4. The molecule has 0 aliphatic rings. The monoisotopic (exact) mass is 278 g/mol. The van der Waals surface area contributed by atoms with Gasteiger partial charge in [0.05, 0.1) is 5.56 Å². The van der Waals surface area contributed by atoms with Gasteiger partial charge in [-0.25, -0.2) is 4.79 Å². The highest BCUT2D eigenvalue weighted by atomic mass is 32.1. The molecule has 19 heavy (non-hydrogen) atoms. The van der Waals surface area contributed by atoms with E-state index in [4.69, 9.17) is 5.11 Å². The number of carboxylic acids is 1. The normalized spacial score (nSPS) is 11.3. The Bertz CT molecular complexity index is 574. The first-order valence-corrected chi connectivity index (χ1v) is 6.37. The van der Waals surface area contributed by atoms with Crippen LogP contribution in [0.2, 0.25) is 0 Å². The van der Waals surface area contributed by atoms with Crippen molar-refractivity contribution < 1.29 is 14.7 Å². The zero-order valence-electron chi connectivity index (χ0n) is 10.9. The van der Waals surface area contributed by atoms with E-state index in [9.17, 15) is 14.9 Å². The van der Waals surface area contributed by atoms with Gasteiger partial charge in [-0.3, -0.25) is 4.79 Å². The van der Waals surface area contributed by atoms with Crippen molar-refractivity contribution in [1.82, 2.24) is 0 Å². The summed E-state index contributed by atoms with van der Waals surface area (Å²) in [5.41, 5.74) is 1.09. The first-order valence-electron chi connectivity index (χ1n) is 5.49. The van der Waals surface area contributed by atoms with Crippen molar-refractivity contribution in [2.24, 2.45) is 0 Å². The van der Waals surface area contributed by atoms with Crippen LogP contribution in [0.15, 0.2) is 17.5 Å². The molecule has 0 saturated carbocycles. The van der Waals surface area contributed by atoms with Crippen molar-refractivity contribution in [2.75, 3.05) is 5.32 Å². The standard InChI is InChI=1S/C13H14N2O3S/c1-13(2,3)9-7-19-12(8(9)6-14)15-10(16)4-5-11(17)18/h4-5,7H,1-3H3,(H,15,16)(H,17,18)/b5-4+. The SMILES string of the molecule is CC(C)(C)c1csc(NC(=O)/C=C/C(=O)O)c1C#N. The van der Waals surface area contributed by atoms with E-state index in [-0.39, 0.29) is 5.41 Å². The van der Waals surface area contributed by atoms with Crippen LogP contribution in [0.25, 0.3) is 0 Å². The molecule has 6 heteroatoms.